The second-order valence-corrected chi connectivity index (χ2v) is 4.18. The molecule has 17 heavy (non-hydrogen) atoms. The lowest BCUT2D eigenvalue weighted by Crippen LogP contribution is -2.22. The first-order valence-electron chi connectivity index (χ1n) is 5.09. The molecule has 0 saturated heterocycles. The van der Waals surface area contributed by atoms with E-state index in [0.717, 1.165) is 5.56 Å². The molecule has 0 spiro atoms. The van der Waals surface area contributed by atoms with Crippen LogP contribution in [0.4, 0.5) is 0 Å². The maximum Gasteiger partial charge on any atom is 0.252 e. The van der Waals surface area contributed by atoms with E-state index in [9.17, 15) is 4.79 Å². The van der Waals surface area contributed by atoms with Crippen molar-refractivity contribution < 1.29 is 9.53 Å². The van der Waals surface area contributed by atoms with Crippen molar-refractivity contribution in [3.05, 3.63) is 46.3 Å². The Hall–Kier alpha value is -1.88. The molecule has 0 bridgehead atoms. The smallest absolute Gasteiger partial charge is 0.252 e. The van der Waals surface area contributed by atoms with Gasteiger partial charge in [-0.25, -0.2) is 4.98 Å². The minimum atomic E-state index is -0.0676. The number of hydrogen-bond donors (Lipinski definition) is 1. The molecule has 0 aromatic carbocycles. The molecule has 0 radical (unpaired) electrons. The molecule has 2 heterocycles. The number of thiophene rings is 1. The summed E-state index contributed by atoms with van der Waals surface area (Å²) in [5, 5.41) is 6.54. The Labute approximate surface area is 103 Å². The van der Waals surface area contributed by atoms with Crippen molar-refractivity contribution in [2.45, 2.75) is 6.54 Å². The summed E-state index contributed by atoms with van der Waals surface area (Å²) < 4.78 is 5.01. The summed E-state index contributed by atoms with van der Waals surface area (Å²) in [6.07, 6.45) is 1.66. The number of aromatic nitrogens is 1. The molecule has 0 fully saturated rings. The topological polar surface area (TPSA) is 51.2 Å². The van der Waals surface area contributed by atoms with Crippen molar-refractivity contribution >= 4 is 17.2 Å². The van der Waals surface area contributed by atoms with Crippen LogP contribution in [0.15, 0.2) is 35.2 Å². The predicted molar refractivity (Wildman–Crippen MR) is 66.3 cm³/mol. The van der Waals surface area contributed by atoms with Gasteiger partial charge < -0.3 is 10.1 Å². The van der Waals surface area contributed by atoms with E-state index >= 15 is 0 Å². The summed E-state index contributed by atoms with van der Waals surface area (Å²) in [5.74, 6) is 0.481. The van der Waals surface area contributed by atoms with E-state index in [2.05, 4.69) is 10.3 Å². The summed E-state index contributed by atoms with van der Waals surface area (Å²) in [6, 6.07) is 5.44. The van der Waals surface area contributed by atoms with Gasteiger partial charge in [-0.3, -0.25) is 4.79 Å². The number of rotatable bonds is 4. The van der Waals surface area contributed by atoms with Crippen LogP contribution in [-0.2, 0) is 6.54 Å². The number of pyridine rings is 1. The lowest BCUT2D eigenvalue weighted by Gasteiger charge is -2.05. The summed E-state index contributed by atoms with van der Waals surface area (Å²) in [5.41, 5.74) is 1.65. The van der Waals surface area contributed by atoms with Gasteiger partial charge in [0.1, 0.15) is 0 Å². The number of carbonyl (C=O) groups is 1. The zero-order valence-corrected chi connectivity index (χ0v) is 10.2. The van der Waals surface area contributed by atoms with Crippen LogP contribution in [0.5, 0.6) is 5.88 Å². The Morgan fingerprint density at radius 3 is 3.12 bits per heavy atom. The molecule has 0 saturated carbocycles. The van der Waals surface area contributed by atoms with E-state index < -0.39 is 0 Å². The number of ether oxygens (including phenoxy) is 1. The second-order valence-electron chi connectivity index (χ2n) is 3.40. The van der Waals surface area contributed by atoms with E-state index in [-0.39, 0.29) is 5.91 Å². The van der Waals surface area contributed by atoms with Crippen molar-refractivity contribution in [2.75, 3.05) is 7.11 Å². The summed E-state index contributed by atoms with van der Waals surface area (Å²) in [4.78, 5) is 15.7. The van der Waals surface area contributed by atoms with Crippen LogP contribution in [0, 0.1) is 0 Å². The molecule has 5 heteroatoms. The molecule has 0 aliphatic rings. The van der Waals surface area contributed by atoms with Crippen molar-refractivity contribution in [3.63, 3.8) is 0 Å². The number of nitrogens with zero attached hydrogens (tertiary/aromatic N) is 1. The third-order valence-electron chi connectivity index (χ3n) is 2.24. The van der Waals surface area contributed by atoms with Gasteiger partial charge in [0.2, 0.25) is 5.88 Å². The number of hydrogen-bond acceptors (Lipinski definition) is 4. The highest BCUT2D eigenvalue weighted by Crippen LogP contribution is 2.09. The first-order valence-corrected chi connectivity index (χ1v) is 6.03. The fraction of sp³-hybridized carbons (Fsp3) is 0.167. The molecular weight excluding hydrogens is 236 g/mol. The van der Waals surface area contributed by atoms with Gasteiger partial charge in [0.25, 0.3) is 5.91 Å². The van der Waals surface area contributed by atoms with Crippen molar-refractivity contribution in [1.29, 1.82) is 0 Å². The van der Waals surface area contributed by atoms with Crippen LogP contribution in [0.2, 0.25) is 0 Å². The van der Waals surface area contributed by atoms with Crippen molar-refractivity contribution in [2.24, 2.45) is 0 Å². The molecule has 1 N–H and O–H groups in total. The van der Waals surface area contributed by atoms with Crippen LogP contribution >= 0.6 is 11.3 Å². The highest BCUT2D eigenvalue weighted by molar-refractivity contribution is 7.08. The maximum atomic E-state index is 11.7. The fourth-order valence-electron chi connectivity index (χ4n) is 1.35. The average Bonchev–Trinajstić information content (AvgIpc) is 2.90. The normalized spacial score (nSPS) is 9.94. The zero-order chi connectivity index (χ0) is 12.1. The van der Waals surface area contributed by atoms with Gasteiger partial charge in [0.05, 0.1) is 7.11 Å². The van der Waals surface area contributed by atoms with Crippen LogP contribution in [0.25, 0.3) is 0 Å². The van der Waals surface area contributed by atoms with E-state index in [1.165, 1.54) is 11.3 Å². The molecule has 0 aliphatic heterocycles. The second kappa shape index (κ2) is 5.45. The van der Waals surface area contributed by atoms with E-state index in [1.54, 1.807) is 25.4 Å². The predicted octanol–water partition coefficient (Wildman–Crippen LogP) is 2.08. The third-order valence-corrected chi connectivity index (χ3v) is 2.93. The highest BCUT2D eigenvalue weighted by Gasteiger charge is 2.05. The Morgan fingerprint density at radius 1 is 1.53 bits per heavy atom. The summed E-state index contributed by atoms with van der Waals surface area (Å²) >= 11 is 1.50. The number of amides is 1. The van der Waals surface area contributed by atoms with Gasteiger partial charge >= 0.3 is 0 Å². The van der Waals surface area contributed by atoms with E-state index in [1.807, 2.05) is 16.8 Å². The highest BCUT2D eigenvalue weighted by atomic mass is 32.1. The Morgan fingerprint density at radius 2 is 2.41 bits per heavy atom. The first kappa shape index (κ1) is 11.6. The molecule has 2 aromatic heterocycles. The van der Waals surface area contributed by atoms with Gasteiger partial charge in [-0.1, -0.05) is 0 Å². The SMILES string of the molecule is COc1cc(CNC(=O)c2ccsc2)ccn1. The largest absolute Gasteiger partial charge is 0.481 e. The Bertz CT molecular complexity index is 497. The number of nitrogens with one attached hydrogen (secondary N) is 1. The molecule has 0 unspecified atom stereocenters. The minimum absolute atomic E-state index is 0.0676. The quantitative estimate of drug-likeness (QED) is 0.901. The van der Waals surface area contributed by atoms with Crippen LogP contribution in [0.3, 0.4) is 0 Å². The zero-order valence-electron chi connectivity index (χ0n) is 9.34. The molecular formula is C12H12N2O2S. The Kier molecular flexibility index (Phi) is 3.72. The standard InChI is InChI=1S/C12H12N2O2S/c1-16-11-6-9(2-4-13-11)7-14-12(15)10-3-5-17-8-10/h2-6,8H,7H2,1H3,(H,14,15). The van der Waals surface area contributed by atoms with Gasteiger partial charge in [0, 0.05) is 29.8 Å². The van der Waals surface area contributed by atoms with Gasteiger partial charge in [-0.15, -0.1) is 0 Å². The summed E-state index contributed by atoms with van der Waals surface area (Å²) in [6.45, 7) is 0.466. The molecule has 2 aromatic rings. The van der Waals surface area contributed by atoms with E-state index in [4.69, 9.17) is 4.74 Å². The molecule has 1 amide bonds. The minimum Gasteiger partial charge on any atom is -0.481 e. The maximum absolute atomic E-state index is 11.7. The molecule has 2 rings (SSSR count). The molecule has 0 atom stereocenters. The van der Waals surface area contributed by atoms with Crippen molar-refractivity contribution in [3.8, 4) is 5.88 Å². The summed E-state index contributed by atoms with van der Waals surface area (Å²) in [7, 11) is 1.57. The van der Waals surface area contributed by atoms with Gasteiger partial charge in [-0.2, -0.15) is 11.3 Å². The molecule has 88 valence electrons. The third kappa shape index (κ3) is 3.04. The molecule has 4 nitrogen and oxygen atoms in total. The van der Waals surface area contributed by atoms with E-state index in [0.29, 0.717) is 18.0 Å². The number of methoxy groups -OCH3 is 1. The van der Waals surface area contributed by atoms with Crippen LogP contribution < -0.4 is 10.1 Å². The van der Waals surface area contributed by atoms with Gasteiger partial charge in [0.15, 0.2) is 0 Å². The van der Waals surface area contributed by atoms with Gasteiger partial charge in [-0.05, 0) is 23.1 Å². The first-order chi connectivity index (χ1) is 8.29. The van der Waals surface area contributed by atoms with Crippen LogP contribution in [-0.4, -0.2) is 18.0 Å². The monoisotopic (exact) mass is 248 g/mol. The molecule has 0 aliphatic carbocycles. The van der Waals surface area contributed by atoms with Crippen molar-refractivity contribution in [1.82, 2.24) is 10.3 Å². The van der Waals surface area contributed by atoms with Crippen LogP contribution in [0.1, 0.15) is 15.9 Å². The Balaban J connectivity index is 1.95. The fourth-order valence-corrected chi connectivity index (χ4v) is 1.99. The lowest BCUT2D eigenvalue weighted by molar-refractivity contribution is 0.0951. The number of carbonyl (C=O) groups excluding carboxylic acids is 1. The average molecular weight is 248 g/mol. The lowest BCUT2D eigenvalue weighted by atomic mass is 10.2.